The maximum Gasteiger partial charge on any atom is 0.325 e. The van der Waals surface area contributed by atoms with Crippen LogP contribution >= 0.6 is 0 Å². The molecule has 0 amide bonds. The van der Waals surface area contributed by atoms with E-state index >= 15 is 0 Å². The number of carboxylic acid groups (broad SMARTS) is 1. The molecular formula is C20H22N2O4. The number of carboxylic acids is 1. The molecule has 2 aliphatic heterocycles. The van der Waals surface area contributed by atoms with Gasteiger partial charge in [0.1, 0.15) is 11.8 Å². The van der Waals surface area contributed by atoms with Crippen LogP contribution in [-0.4, -0.2) is 45.8 Å². The fraction of sp³-hybridized carbons (Fsp3) is 0.400. The second-order valence-corrected chi connectivity index (χ2v) is 6.98. The van der Waals surface area contributed by atoms with Crippen molar-refractivity contribution in [1.82, 2.24) is 9.88 Å². The Hall–Kier alpha value is -2.44. The van der Waals surface area contributed by atoms with E-state index < -0.39 is 17.6 Å². The summed E-state index contributed by atoms with van der Waals surface area (Å²) < 4.78 is 5.71. The molecule has 2 N–H and O–H groups in total. The van der Waals surface area contributed by atoms with Crippen molar-refractivity contribution in [3.8, 4) is 5.75 Å². The molecule has 4 rings (SSSR count). The van der Waals surface area contributed by atoms with E-state index in [1.807, 2.05) is 35.2 Å². The Morgan fingerprint density at radius 3 is 2.73 bits per heavy atom. The van der Waals surface area contributed by atoms with Gasteiger partial charge in [-0.3, -0.25) is 14.7 Å². The van der Waals surface area contributed by atoms with E-state index in [2.05, 4.69) is 4.98 Å². The standard InChI is InChI=1S/C20H22N2O4/c23-19(24)17(16-5-1-3-14-6-12-26-18(14)16)22-10-7-20(25,8-11-22)15-4-2-9-21-13-15/h1-5,9,13,17,25H,6-8,10-12H2,(H,23,24)/t17-/m1/s1. The first-order valence-corrected chi connectivity index (χ1v) is 8.93. The van der Waals surface area contributed by atoms with E-state index in [4.69, 9.17) is 4.74 Å². The maximum atomic E-state index is 12.1. The molecule has 26 heavy (non-hydrogen) atoms. The lowest BCUT2D eigenvalue weighted by Gasteiger charge is -2.40. The van der Waals surface area contributed by atoms with Crippen LogP contribution in [0.4, 0.5) is 0 Å². The molecule has 1 saturated heterocycles. The first kappa shape index (κ1) is 17.0. The van der Waals surface area contributed by atoms with Crippen molar-refractivity contribution in [2.75, 3.05) is 19.7 Å². The molecule has 0 saturated carbocycles. The number of aliphatic carboxylic acids is 1. The maximum absolute atomic E-state index is 12.1. The van der Waals surface area contributed by atoms with E-state index in [-0.39, 0.29) is 0 Å². The van der Waals surface area contributed by atoms with Gasteiger partial charge < -0.3 is 14.9 Å². The van der Waals surface area contributed by atoms with Crippen molar-refractivity contribution in [2.45, 2.75) is 30.9 Å². The van der Waals surface area contributed by atoms with Gasteiger partial charge in [0.05, 0.1) is 12.2 Å². The van der Waals surface area contributed by atoms with Crippen LogP contribution in [0.3, 0.4) is 0 Å². The van der Waals surface area contributed by atoms with Gasteiger partial charge >= 0.3 is 5.97 Å². The number of hydrogen-bond acceptors (Lipinski definition) is 5. The lowest BCUT2D eigenvalue weighted by Crippen LogP contribution is -2.46. The summed E-state index contributed by atoms with van der Waals surface area (Å²) in [5, 5.41) is 20.9. The van der Waals surface area contributed by atoms with E-state index in [1.165, 1.54) is 0 Å². The lowest BCUT2D eigenvalue weighted by atomic mass is 9.84. The van der Waals surface area contributed by atoms with Crippen LogP contribution in [0.1, 0.15) is 35.6 Å². The van der Waals surface area contributed by atoms with E-state index in [0.29, 0.717) is 43.9 Å². The van der Waals surface area contributed by atoms with Crippen LogP contribution in [0.5, 0.6) is 5.75 Å². The van der Waals surface area contributed by atoms with Gasteiger partial charge in [-0.1, -0.05) is 24.3 Å². The van der Waals surface area contributed by atoms with Gasteiger partial charge in [-0.25, -0.2) is 0 Å². The number of ether oxygens (including phenoxy) is 1. The summed E-state index contributed by atoms with van der Waals surface area (Å²) in [6, 6.07) is 8.64. The highest BCUT2D eigenvalue weighted by molar-refractivity contribution is 5.77. The Balaban J connectivity index is 1.57. The topological polar surface area (TPSA) is 82.9 Å². The first-order chi connectivity index (χ1) is 12.6. The number of piperidine rings is 1. The third kappa shape index (κ3) is 2.95. The lowest BCUT2D eigenvalue weighted by molar-refractivity contribution is -0.146. The third-order valence-corrected chi connectivity index (χ3v) is 5.46. The Morgan fingerprint density at radius 1 is 1.23 bits per heavy atom. The van der Waals surface area contributed by atoms with Gasteiger partial charge in [0, 0.05) is 43.0 Å². The number of rotatable bonds is 4. The number of fused-ring (bicyclic) bond motifs is 1. The average Bonchev–Trinajstić information content (AvgIpc) is 3.14. The minimum absolute atomic E-state index is 0.471. The van der Waals surface area contributed by atoms with Gasteiger partial charge in [-0.05, 0) is 24.5 Å². The second kappa shape index (κ2) is 6.70. The molecule has 3 heterocycles. The zero-order valence-electron chi connectivity index (χ0n) is 14.5. The van der Waals surface area contributed by atoms with Gasteiger partial charge in [0.15, 0.2) is 0 Å². The normalized spacial score (nSPS) is 20.2. The van der Waals surface area contributed by atoms with Gasteiger partial charge in [-0.2, -0.15) is 0 Å². The summed E-state index contributed by atoms with van der Waals surface area (Å²) in [6.45, 7) is 1.58. The largest absolute Gasteiger partial charge is 0.493 e. The van der Waals surface area contributed by atoms with Crippen molar-refractivity contribution < 1.29 is 19.7 Å². The molecule has 1 aromatic heterocycles. The van der Waals surface area contributed by atoms with Crippen LogP contribution in [0.2, 0.25) is 0 Å². The van der Waals surface area contributed by atoms with Crippen molar-refractivity contribution in [3.05, 3.63) is 59.4 Å². The number of hydrogen-bond donors (Lipinski definition) is 2. The van der Waals surface area contributed by atoms with Crippen LogP contribution in [0.25, 0.3) is 0 Å². The van der Waals surface area contributed by atoms with E-state index in [9.17, 15) is 15.0 Å². The predicted molar refractivity (Wildman–Crippen MR) is 95.0 cm³/mol. The highest BCUT2D eigenvalue weighted by Gasteiger charge is 2.40. The molecule has 6 heteroatoms. The number of benzene rings is 1. The van der Waals surface area contributed by atoms with E-state index in [1.54, 1.807) is 12.4 Å². The number of pyridine rings is 1. The molecule has 0 aliphatic carbocycles. The number of nitrogens with zero attached hydrogens (tertiary/aromatic N) is 2. The number of para-hydroxylation sites is 1. The van der Waals surface area contributed by atoms with Gasteiger partial charge in [0.2, 0.25) is 0 Å². The molecular weight excluding hydrogens is 332 g/mol. The summed E-state index contributed by atoms with van der Waals surface area (Å²) in [5.74, 6) is -0.172. The highest BCUT2D eigenvalue weighted by atomic mass is 16.5. The minimum Gasteiger partial charge on any atom is -0.493 e. The Kier molecular flexibility index (Phi) is 4.38. The molecule has 1 fully saturated rings. The summed E-state index contributed by atoms with van der Waals surface area (Å²) in [4.78, 5) is 18.1. The molecule has 1 aromatic carbocycles. The first-order valence-electron chi connectivity index (χ1n) is 8.93. The number of likely N-dealkylation sites (tertiary alicyclic amines) is 1. The van der Waals surface area contributed by atoms with Crippen LogP contribution in [-0.2, 0) is 16.8 Å². The van der Waals surface area contributed by atoms with Crippen molar-refractivity contribution in [1.29, 1.82) is 0 Å². The second-order valence-electron chi connectivity index (χ2n) is 6.98. The molecule has 0 unspecified atom stereocenters. The van der Waals surface area contributed by atoms with Crippen LogP contribution < -0.4 is 4.74 Å². The Morgan fingerprint density at radius 2 is 2.04 bits per heavy atom. The van der Waals surface area contributed by atoms with Crippen molar-refractivity contribution >= 4 is 5.97 Å². The van der Waals surface area contributed by atoms with E-state index in [0.717, 1.165) is 17.5 Å². The number of carbonyl (C=O) groups is 1. The average molecular weight is 354 g/mol. The molecule has 136 valence electrons. The zero-order chi connectivity index (χ0) is 18.1. The quantitative estimate of drug-likeness (QED) is 0.875. The van der Waals surface area contributed by atoms with Crippen LogP contribution in [0, 0.1) is 0 Å². The smallest absolute Gasteiger partial charge is 0.325 e. The molecule has 2 aliphatic rings. The van der Waals surface area contributed by atoms with Crippen molar-refractivity contribution in [2.24, 2.45) is 0 Å². The fourth-order valence-electron chi connectivity index (χ4n) is 4.02. The summed E-state index contributed by atoms with van der Waals surface area (Å²) >= 11 is 0. The van der Waals surface area contributed by atoms with Gasteiger partial charge in [0.25, 0.3) is 0 Å². The Labute approximate surface area is 152 Å². The SMILES string of the molecule is O=C(O)[C@@H](c1cccc2c1OCC2)N1CCC(O)(c2cccnc2)CC1. The summed E-state index contributed by atoms with van der Waals surface area (Å²) in [6.07, 6.45) is 5.12. The number of aromatic nitrogens is 1. The number of aliphatic hydroxyl groups is 1. The summed E-state index contributed by atoms with van der Waals surface area (Å²) in [7, 11) is 0. The molecule has 6 nitrogen and oxygen atoms in total. The Bertz CT molecular complexity index is 801. The monoisotopic (exact) mass is 354 g/mol. The molecule has 0 spiro atoms. The molecule has 2 aromatic rings. The third-order valence-electron chi connectivity index (χ3n) is 5.46. The predicted octanol–water partition coefficient (Wildman–Crippen LogP) is 2.13. The zero-order valence-corrected chi connectivity index (χ0v) is 14.5. The fourth-order valence-corrected chi connectivity index (χ4v) is 4.02. The van der Waals surface area contributed by atoms with Gasteiger partial charge in [-0.15, -0.1) is 0 Å². The van der Waals surface area contributed by atoms with Crippen molar-refractivity contribution in [3.63, 3.8) is 0 Å². The molecule has 0 bridgehead atoms. The summed E-state index contributed by atoms with van der Waals surface area (Å²) in [5.41, 5.74) is 1.61. The highest BCUT2D eigenvalue weighted by Crippen LogP contribution is 2.40. The molecule has 0 radical (unpaired) electrons. The molecule has 1 atom stereocenters. The minimum atomic E-state index is -0.955. The van der Waals surface area contributed by atoms with Crippen LogP contribution in [0.15, 0.2) is 42.7 Å².